The first-order chi connectivity index (χ1) is 8.69. The van der Waals surface area contributed by atoms with E-state index < -0.39 is 0 Å². The molecule has 2 aliphatic rings. The van der Waals surface area contributed by atoms with Crippen LogP contribution in [0.15, 0.2) is 0 Å². The highest BCUT2D eigenvalue weighted by molar-refractivity contribution is 5.84. The van der Waals surface area contributed by atoms with Crippen molar-refractivity contribution in [1.82, 2.24) is 15.1 Å². The summed E-state index contributed by atoms with van der Waals surface area (Å²) in [6, 6.07) is 0.0543. The number of nitrogens with zero attached hydrogens (tertiary/aromatic N) is 2. The average molecular weight is 253 g/mol. The molecule has 0 aromatic heterocycles. The molecule has 0 aliphatic carbocycles. The highest BCUT2D eigenvalue weighted by Gasteiger charge is 2.38. The van der Waals surface area contributed by atoms with Gasteiger partial charge in [-0.15, -0.1) is 0 Å². The minimum Gasteiger partial charge on any atom is -0.325 e. The van der Waals surface area contributed by atoms with Gasteiger partial charge in [0.1, 0.15) is 0 Å². The van der Waals surface area contributed by atoms with Crippen molar-refractivity contribution < 1.29 is 4.79 Å². The molecule has 2 heterocycles. The molecule has 0 aromatic rings. The first kappa shape index (κ1) is 13.8. The van der Waals surface area contributed by atoms with Crippen molar-refractivity contribution in [2.75, 3.05) is 26.2 Å². The van der Waals surface area contributed by atoms with Gasteiger partial charge in [0.05, 0.1) is 12.2 Å². The normalized spacial score (nSPS) is 33.6. The summed E-state index contributed by atoms with van der Waals surface area (Å²) in [6.45, 7) is 10.9. The van der Waals surface area contributed by atoms with Gasteiger partial charge in [0.15, 0.2) is 0 Å². The van der Waals surface area contributed by atoms with Crippen molar-refractivity contribution in [2.45, 2.75) is 52.2 Å². The SMILES string of the molecule is CCC1NC(CC)N(CC2CCN(CC)C2)C1=O. The van der Waals surface area contributed by atoms with Gasteiger partial charge < -0.3 is 9.80 Å². The van der Waals surface area contributed by atoms with Crippen LogP contribution in [0.25, 0.3) is 0 Å². The van der Waals surface area contributed by atoms with E-state index in [-0.39, 0.29) is 12.2 Å². The number of carbonyl (C=O) groups is 1. The predicted octanol–water partition coefficient (Wildman–Crippen LogP) is 1.27. The van der Waals surface area contributed by atoms with E-state index in [0.717, 1.165) is 32.5 Å². The van der Waals surface area contributed by atoms with Gasteiger partial charge in [-0.05, 0) is 38.3 Å². The highest BCUT2D eigenvalue weighted by Crippen LogP contribution is 2.22. The molecule has 1 N–H and O–H groups in total. The van der Waals surface area contributed by atoms with Crippen LogP contribution in [0.1, 0.15) is 40.0 Å². The second-order valence-electron chi connectivity index (χ2n) is 5.59. The lowest BCUT2D eigenvalue weighted by Crippen LogP contribution is -2.40. The third-order valence-electron chi connectivity index (χ3n) is 4.42. The molecule has 3 unspecified atom stereocenters. The van der Waals surface area contributed by atoms with Crippen LogP contribution in [0.5, 0.6) is 0 Å². The molecule has 3 atom stereocenters. The summed E-state index contributed by atoms with van der Waals surface area (Å²) in [6.07, 6.45) is 3.41. The Kier molecular flexibility index (Phi) is 4.62. The lowest BCUT2D eigenvalue weighted by Gasteiger charge is -2.26. The van der Waals surface area contributed by atoms with Gasteiger partial charge in [-0.2, -0.15) is 0 Å². The molecule has 4 heteroatoms. The Morgan fingerprint density at radius 1 is 1.28 bits per heavy atom. The summed E-state index contributed by atoms with van der Waals surface area (Å²) < 4.78 is 0. The Bertz CT molecular complexity index is 295. The number of hydrogen-bond acceptors (Lipinski definition) is 3. The second-order valence-corrected chi connectivity index (χ2v) is 5.59. The third-order valence-corrected chi connectivity index (χ3v) is 4.42. The summed E-state index contributed by atoms with van der Waals surface area (Å²) >= 11 is 0. The van der Waals surface area contributed by atoms with E-state index in [0.29, 0.717) is 11.8 Å². The predicted molar refractivity (Wildman–Crippen MR) is 73.2 cm³/mol. The van der Waals surface area contributed by atoms with Crippen molar-refractivity contribution in [1.29, 1.82) is 0 Å². The molecule has 0 saturated carbocycles. The molecule has 0 radical (unpaired) electrons. The third kappa shape index (κ3) is 2.69. The zero-order valence-corrected chi connectivity index (χ0v) is 12.0. The first-order valence-electron chi connectivity index (χ1n) is 7.48. The maximum atomic E-state index is 12.3. The first-order valence-corrected chi connectivity index (χ1v) is 7.48. The van der Waals surface area contributed by atoms with E-state index in [4.69, 9.17) is 0 Å². The van der Waals surface area contributed by atoms with Crippen molar-refractivity contribution >= 4 is 5.91 Å². The fourth-order valence-electron chi connectivity index (χ4n) is 3.22. The van der Waals surface area contributed by atoms with Crippen molar-refractivity contribution in [3.05, 3.63) is 0 Å². The molecule has 4 nitrogen and oxygen atoms in total. The molecule has 18 heavy (non-hydrogen) atoms. The van der Waals surface area contributed by atoms with Gasteiger partial charge in [0.25, 0.3) is 0 Å². The summed E-state index contributed by atoms with van der Waals surface area (Å²) in [4.78, 5) is 16.9. The van der Waals surface area contributed by atoms with Crippen LogP contribution in [0.4, 0.5) is 0 Å². The Balaban J connectivity index is 1.93. The van der Waals surface area contributed by atoms with E-state index >= 15 is 0 Å². The van der Waals surface area contributed by atoms with Crippen LogP contribution >= 0.6 is 0 Å². The summed E-state index contributed by atoms with van der Waals surface area (Å²) in [5.41, 5.74) is 0. The minimum atomic E-state index is 0.0543. The summed E-state index contributed by atoms with van der Waals surface area (Å²) in [5.74, 6) is 0.986. The molecular weight excluding hydrogens is 226 g/mol. The van der Waals surface area contributed by atoms with Gasteiger partial charge in [-0.25, -0.2) is 0 Å². The zero-order valence-electron chi connectivity index (χ0n) is 12.0. The minimum absolute atomic E-state index is 0.0543. The lowest BCUT2D eigenvalue weighted by atomic mass is 10.1. The molecule has 0 spiro atoms. The number of carbonyl (C=O) groups excluding carboxylic acids is 1. The van der Waals surface area contributed by atoms with E-state index in [1.807, 2.05) is 0 Å². The van der Waals surface area contributed by atoms with Crippen molar-refractivity contribution in [2.24, 2.45) is 5.92 Å². The van der Waals surface area contributed by atoms with E-state index in [1.54, 1.807) is 0 Å². The topological polar surface area (TPSA) is 35.6 Å². The average Bonchev–Trinajstić information content (AvgIpc) is 2.96. The van der Waals surface area contributed by atoms with Gasteiger partial charge in [-0.1, -0.05) is 20.8 Å². The second kappa shape index (κ2) is 6.02. The summed E-state index contributed by atoms with van der Waals surface area (Å²) in [7, 11) is 0. The van der Waals surface area contributed by atoms with Crippen LogP contribution in [-0.2, 0) is 4.79 Å². The standard InChI is InChI=1S/C14H27N3O/c1-4-12-14(18)17(13(5-2)15-12)10-11-7-8-16(6-3)9-11/h11-13,15H,4-10H2,1-3H3. The molecule has 1 amide bonds. The van der Waals surface area contributed by atoms with Crippen LogP contribution in [0, 0.1) is 5.92 Å². The number of rotatable bonds is 5. The van der Waals surface area contributed by atoms with E-state index in [2.05, 4.69) is 35.9 Å². The maximum absolute atomic E-state index is 12.3. The lowest BCUT2D eigenvalue weighted by molar-refractivity contribution is -0.130. The smallest absolute Gasteiger partial charge is 0.241 e. The molecular formula is C14H27N3O. The van der Waals surface area contributed by atoms with Crippen LogP contribution in [0.3, 0.4) is 0 Å². The van der Waals surface area contributed by atoms with Crippen LogP contribution in [0.2, 0.25) is 0 Å². The molecule has 0 bridgehead atoms. The van der Waals surface area contributed by atoms with E-state index in [9.17, 15) is 4.79 Å². The highest BCUT2D eigenvalue weighted by atomic mass is 16.2. The Morgan fingerprint density at radius 2 is 2.06 bits per heavy atom. The number of nitrogens with one attached hydrogen (secondary N) is 1. The number of hydrogen-bond donors (Lipinski definition) is 1. The fourth-order valence-corrected chi connectivity index (χ4v) is 3.22. The van der Waals surface area contributed by atoms with E-state index in [1.165, 1.54) is 13.0 Å². The number of amides is 1. The summed E-state index contributed by atoms with van der Waals surface area (Å²) in [5, 5.41) is 3.45. The molecule has 2 saturated heterocycles. The van der Waals surface area contributed by atoms with Crippen LogP contribution < -0.4 is 5.32 Å². The van der Waals surface area contributed by atoms with Crippen molar-refractivity contribution in [3.63, 3.8) is 0 Å². The van der Waals surface area contributed by atoms with Gasteiger partial charge in [0.2, 0.25) is 5.91 Å². The van der Waals surface area contributed by atoms with Gasteiger partial charge in [0, 0.05) is 13.1 Å². The van der Waals surface area contributed by atoms with Crippen molar-refractivity contribution in [3.8, 4) is 0 Å². The molecule has 104 valence electrons. The quantitative estimate of drug-likeness (QED) is 0.801. The Hall–Kier alpha value is -0.610. The van der Waals surface area contributed by atoms with Crippen LogP contribution in [-0.4, -0.2) is 54.1 Å². The maximum Gasteiger partial charge on any atom is 0.241 e. The number of likely N-dealkylation sites (tertiary alicyclic amines) is 1. The largest absolute Gasteiger partial charge is 0.325 e. The Labute approximate surface area is 111 Å². The molecule has 0 aromatic carbocycles. The monoisotopic (exact) mass is 253 g/mol. The fraction of sp³-hybridized carbons (Fsp3) is 0.929. The Morgan fingerprint density at radius 3 is 2.61 bits per heavy atom. The molecule has 2 fully saturated rings. The van der Waals surface area contributed by atoms with Gasteiger partial charge in [-0.3, -0.25) is 10.1 Å². The zero-order chi connectivity index (χ0) is 13.1. The van der Waals surface area contributed by atoms with Gasteiger partial charge >= 0.3 is 0 Å². The molecule has 2 rings (SSSR count). The molecule has 2 aliphatic heterocycles.